The molecule has 1 aromatic carbocycles. The molecule has 1 amide bonds. The maximum absolute atomic E-state index is 13.6. The van der Waals surface area contributed by atoms with E-state index in [1.54, 1.807) is 39.0 Å². The maximum Gasteiger partial charge on any atom is 0.418 e. The Morgan fingerprint density at radius 1 is 1.10 bits per heavy atom. The number of fused-ring (bicyclic) bond motifs is 3. The van der Waals surface area contributed by atoms with Crippen molar-refractivity contribution in [2.45, 2.75) is 51.2 Å². The second-order valence-corrected chi connectivity index (χ2v) is 11.1. The molecular weight excluding hydrogens is 508 g/mol. The molecule has 11 heteroatoms. The summed E-state index contributed by atoms with van der Waals surface area (Å²) in [6, 6.07) is 6.21. The van der Waals surface area contributed by atoms with Crippen LogP contribution in [0.5, 0.6) is 5.75 Å². The number of hydrogen-bond acceptors (Lipinski definition) is 9. The number of carbonyl (C=O) groups is 4. The normalized spacial score (nSPS) is 24.7. The first-order chi connectivity index (χ1) is 18.2. The van der Waals surface area contributed by atoms with Crippen molar-refractivity contribution in [2.75, 3.05) is 0 Å². The van der Waals surface area contributed by atoms with E-state index < -0.39 is 70.1 Å². The van der Waals surface area contributed by atoms with Gasteiger partial charge in [0, 0.05) is 29.7 Å². The summed E-state index contributed by atoms with van der Waals surface area (Å²) in [6.07, 6.45) is 0.598. The molecular formula is C28H28N2O9. The average Bonchev–Trinajstić information content (AvgIpc) is 3.30. The number of aliphatic hydroxyl groups excluding tert-OH is 2. The Labute approximate surface area is 222 Å². The Hall–Kier alpha value is -4.38. The number of aromatic hydroxyl groups is 1. The van der Waals surface area contributed by atoms with Crippen LogP contribution in [0.2, 0.25) is 0 Å². The fourth-order valence-corrected chi connectivity index (χ4v) is 5.93. The van der Waals surface area contributed by atoms with Gasteiger partial charge in [0.25, 0.3) is 5.91 Å². The lowest BCUT2D eigenvalue weighted by atomic mass is 9.59. The standard InChI is InChI=1S/C28H28N2O9/c1-27(2,3)39-26(37)30-8-4-5-16(30)14-6-7-17(31)20-15(14)10-12-9-13-11-18(32)21(25(29)36)24(35)28(13,38)23(34)19(12)22(20)33/h4-8,12-13,31,33,35,38H,9-11H2,1-3H3,(H2,29,36)/t12-,13+,28+/m1/s1. The van der Waals surface area contributed by atoms with Gasteiger partial charge in [-0.05, 0) is 69.4 Å². The van der Waals surface area contributed by atoms with E-state index in [2.05, 4.69) is 0 Å². The van der Waals surface area contributed by atoms with Crippen LogP contribution < -0.4 is 5.73 Å². The van der Waals surface area contributed by atoms with Crippen LogP contribution in [-0.4, -0.2) is 59.8 Å². The maximum atomic E-state index is 13.6. The molecule has 1 aromatic heterocycles. The molecule has 1 heterocycles. The highest BCUT2D eigenvalue weighted by Crippen LogP contribution is 2.53. The van der Waals surface area contributed by atoms with Crippen molar-refractivity contribution >= 4 is 29.3 Å². The molecule has 0 saturated heterocycles. The number of benzene rings is 1. The number of carbonyl (C=O) groups excluding carboxylic acids is 4. The highest BCUT2D eigenvalue weighted by molar-refractivity contribution is 6.22. The predicted molar refractivity (Wildman–Crippen MR) is 136 cm³/mol. The molecule has 11 nitrogen and oxygen atoms in total. The van der Waals surface area contributed by atoms with E-state index in [9.17, 15) is 39.6 Å². The number of aromatic nitrogens is 1. The van der Waals surface area contributed by atoms with E-state index in [0.29, 0.717) is 16.8 Å². The lowest BCUT2D eigenvalue weighted by Gasteiger charge is -2.46. The van der Waals surface area contributed by atoms with Crippen LogP contribution >= 0.6 is 0 Å². The Morgan fingerprint density at radius 2 is 1.79 bits per heavy atom. The van der Waals surface area contributed by atoms with Gasteiger partial charge in [0.2, 0.25) is 5.78 Å². The van der Waals surface area contributed by atoms with Crippen LogP contribution in [0, 0.1) is 11.8 Å². The van der Waals surface area contributed by atoms with Crippen molar-refractivity contribution in [3.8, 4) is 17.0 Å². The Kier molecular flexibility index (Phi) is 5.76. The van der Waals surface area contributed by atoms with Crippen molar-refractivity contribution in [1.82, 2.24) is 4.57 Å². The number of Topliss-reactive ketones (excluding diaryl/α,β-unsaturated/α-hetero) is 2. The van der Waals surface area contributed by atoms with Crippen molar-refractivity contribution in [3.63, 3.8) is 0 Å². The number of amides is 1. The van der Waals surface area contributed by atoms with Gasteiger partial charge in [-0.25, -0.2) is 4.79 Å². The SMILES string of the molecule is CC(C)(C)OC(=O)n1cccc1-c1ccc(O)c2c1C[C@H]1C[C@H]3CC(=O)C(C(N)=O)=C(O)[C@@]3(O)C(=O)C1=C2O. The molecule has 2 aromatic rings. The van der Waals surface area contributed by atoms with E-state index in [1.807, 2.05) is 0 Å². The third kappa shape index (κ3) is 3.84. The van der Waals surface area contributed by atoms with Gasteiger partial charge in [-0.3, -0.25) is 19.0 Å². The van der Waals surface area contributed by atoms with Gasteiger partial charge >= 0.3 is 6.09 Å². The van der Waals surface area contributed by atoms with Crippen molar-refractivity contribution in [1.29, 1.82) is 0 Å². The van der Waals surface area contributed by atoms with E-state index in [4.69, 9.17) is 10.5 Å². The van der Waals surface area contributed by atoms with E-state index >= 15 is 0 Å². The number of phenols is 1. The summed E-state index contributed by atoms with van der Waals surface area (Å²) in [4.78, 5) is 50.9. The zero-order chi connectivity index (χ0) is 28.6. The fraction of sp³-hybridized carbons (Fsp3) is 0.357. The van der Waals surface area contributed by atoms with Crippen molar-refractivity contribution < 1.29 is 44.3 Å². The second kappa shape index (κ2) is 8.57. The zero-order valence-corrected chi connectivity index (χ0v) is 21.5. The van der Waals surface area contributed by atoms with Crippen LogP contribution in [0.4, 0.5) is 4.79 Å². The zero-order valence-electron chi connectivity index (χ0n) is 21.5. The molecule has 39 heavy (non-hydrogen) atoms. The number of ether oxygens (including phenoxy) is 1. The monoisotopic (exact) mass is 536 g/mol. The fourth-order valence-electron chi connectivity index (χ4n) is 5.93. The smallest absolute Gasteiger partial charge is 0.418 e. The number of primary amides is 1. The number of ketones is 2. The number of rotatable bonds is 2. The molecule has 3 atom stereocenters. The minimum Gasteiger partial charge on any atom is -0.508 e. The van der Waals surface area contributed by atoms with Crippen molar-refractivity contribution in [3.05, 3.63) is 58.5 Å². The molecule has 3 aliphatic carbocycles. The predicted octanol–water partition coefficient (Wildman–Crippen LogP) is 2.68. The average molecular weight is 537 g/mol. The van der Waals surface area contributed by atoms with Gasteiger partial charge in [-0.1, -0.05) is 0 Å². The summed E-state index contributed by atoms with van der Waals surface area (Å²) in [5.41, 5.74) is 2.06. The Morgan fingerprint density at radius 3 is 2.44 bits per heavy atom. The first-order valence-corrected chi connectivity index (χ1v) is 12.4. The van der Waals surface area contributed by atoms with Gasteiger partial charge < -0.3 is 30.9 Å². The first-order valence-electron chi connectivity index (χ1n) is 12.4. The molecule has 204 valence electrons. The number of nitrogens with two attached hydrogens (primary N) is 1. The Bertz CT molecular complexity index is 1540. The summed E-state index contributed by atoms with van der Waals surface area (Å²) in [7, 11) is 0. The highest BCUT2D eigenvalue weighted by Gasteiger charge is 2.60. The second-order valence-electron chi connectivity index (χ2n) is 11.1. The van der Waals surface area contributed by atoms with E-state index in [0.717, 1.165) is 0 Å². The van der Waals surface area contributed by atoms with Crippen LogP contribution in [0.15, 0.2) is 47.4 Å². The lowest BCUT2D eigenvalue weighted by Crippen LogP contribution is -2.58. The molecule has 0 radical (unpaired) electrons. The largest absolute Gasteiger partial charge is 0.508 e. The Balaban J connectivity index is 1.66. The minimum atomic E-state index is -2.63. The van der Waals surface area contributed by atoms with Crippen molar-refractivity contribution in [2.24, 2.45) is 17.6 Å². The first kappa shape index (κ1) is 26.2. The van der Waals surface area contributed by atoms with Gasteiger partial charge in [0.1, 0.15) is 28.4 Å². The molecule has 0 spiro atoms. The van der Waals surface area contributed by atoms with Gasteiger partial charge in [-0.2, -0.15) is 0 Å². The van der Waals surface area contributed by atoms with Crippen LogP contribution in [0.3, 0.4) is 0 Å². The quantitative estimate of drug-likeness (QED) is 0.359. The molecule has 5 rings (SSSR count). The topological polar surface area (TPSA) is 189 Å². The summed E-state index contributed by atoms with van der Waals surface area (Å²) in [6.45, 7) is 5.20. The number of nitrogens with zero attached hydrogens (tertiary/aromatic N) is 1. The third-order valence-electron chi connectivity index (χ3n) is 7.56. The van der Waals surface area contributed by atoms with E-state index in [1.165, 1.54) is 16.8 Å². The highest BCUT2D eigenvalue weighted by atomic mass is 16.6. The van der Waals surface area contributed by atoms with Crippen LogP contribution in [0.25, 0.3) is 17.0 Å². The lowest BCUT2D eigenvalue weighted by molar-refractivity contribution is -0.147. The minimum absolute atomic E-state index is 0.00505. The summed E-state index contributed by atoms with van der Waals surface area (Å²) in [5, 5.41) is 44.1. The van der Waals surface area contributed by atoms with Crippen LogP contribution in [0.1, 0.15) is 44.7 Å². The molecule has 0 aliphatic heterocycles. The molecule has 1 fully saturated rings. The molecule has 0 bridgehead atoms. The van der Waals surface area contributed by atoms with Gasteiger partial charge in [0.15, 0.2) is 11.4 Å². The summed E-state index contributed by atoms with van der Waals surface area (Å²) in [5.74, 6) is -6.97. The number of hydrogen-bond donors (Lipinski definition) is 5. The summed E-state index contributed by atoms with van der Waals surface area (Å²) >= 11 is 0. The number of phenolic OH excluding ortho intramolecular Hbond substituents is 1. The van der Waals surface area contributed by atoms with Crippen LogP contribution in [-0.2, 0) is 25.5 Å². The molecule has 0 unspecified atom stereocenters. The number of aliphatic hydroxyl groups is 3. The molecule has 6 N–H and O–H groups in total. The van der Waals surface area contributed by atoms with E-state index in [-0.39, 0.29) is 29.7 Å². The van der Waals surface area contributed by atoms with Gasteiger partial charge in [-0.15, -0.1) is 0 Å². The summed E-state index contributed by atoms with van der Waals surface area (Å²) < 4.78 is 6.80. The third-order valence-corrected chi connectivity index (χ3v) is 7.56. The molecule has 1 saturated carbocycles. The van der Waals surface area contributed by atoms with Gasteiger partial charge in [0.05, 0.1) is 11.3 Å². The molecule has 3 aliphatic rings.